The average molecular weight is 845 g/mol. The van der Waals surface area contributed by atoms with E-state index in [1.165, 1.54) is 86.9 Å². The summed E-state index contributed by atoms with van der Waals surface area (Å²) >= 11 is 7.11. The van der Waals surface area contributed by atoms with Gasteiger partial charge in [-0.05, 0) is 123 Å². The lowest BCUT2D eigenvalue weighted by molar-refractivity contribution is 1.67. The third-order valence-corrected chi connectivity index (χ3v) is 11.4. The fourth-order valence-electron chi connectivity index (χ4n) is 7.78. The standard InChI is InChI=1S/2C20H13Br.C14H10/c2*21-16-11-12-18-15(13-16)7-4-10-20(18)19-9-3-6-14-5-1-2-8-17(14)19;1-2-6-12-10-14-8-4-3-7-13(14)9-11(12)5-1/h2*1-13H;1-10H. The van der Waals surface area contributed by atoms with Crippen LogP contribution in [0.2, 0.25) is 0 Å². The summed E-state index contributed by atoms with van der Waals surface area (Å²) in [6.07, 6.45) is 0. The summed E-state index contributed by atoms with van der Waals surface area (Å²) in [5, 5.41) is 15.5. The summed E-state index contributed by atoms with van der Waals surface area (Å²) in [7, 11) is 0. The maximum absolute atomic E-state index is 3.55. The van der Waals surface area contributed by atoms with Crippen molar-refractivity contribution in [3.05, 3.63) is 227 Å². The Morgan fingerprint density at radius 1 is 0.196 bits per heavy atom. The lowest BCUT2D eigenvalue weighted by Gasteiger charge is -2.10. The van der Waals surface area contributed by atoms with Crippen molar-refractivity contribution in [3.8, 4) is 22.3 Å². The average Bonchev–Trinajstić information content (AvgIpc) is 3.25. The molecule has 0 N–H and O–H groups in total. The van der Waals surface area contributed by atoms with E-state index in [2.05, 4.69) is 250 Å². The Bertz CT molecular complexity index is 2900. The minimum Gasteiger partial charge on any atom is -0.0616 e. The molecule has 0 spiro atoms. The molecule has 0 aromatic heterocycles. The van der Waals surface area contributed by atoms with Gasteiger partial charge in [0.15, 0.2) is 0 Å². The number of halogens is 2. The Labute approximate surface area is 343 Å². The Balaban J connectivity index is 0.000000112. The molecule has 0 amide bonds. The SMILES string of the molecule is Brc1ccc2c(-c3cccc4ccccc34)cccc2c1.Brc1ccc2c(-c3cccc4ccccc34)cccc2c1.c1ccc2cc3ccccc3cc2c1. The molecular formula is C54H36Br2. The normalized spacial score (nSPS) is 11.0. The molecule has 0 atom stereocenters. The van der Waals surface area contributed by atoms with Crippen LogP contribution in [-0.4, -0.2) is 0 Å². The molecule has 11 aromatic rings. The van der Waals surface area contributed by atoms with Gasteiger partial charge in [0.1, 0.15) is 0 Å². The van der Waals surface area contributed by atoms with Crippen LogP contribution >= 0.6 is 31.9 Å². The maximum Gasteiger partial charge on any atom is 0.0181 e. The molecular weight excluding hydrogens is 808 g/mol. The van der Waals surface area contributed by atoms with Crippen molar-refractivity contribution in [3.63, 3.8) is 0 Å². The second kappa shape index (κ2) is 16.0. The molecule has 0 radical (unpaired) electrons. The van der Waals surface area contributed by atoms with E-state index < -0.39 is 0 Å². The van der Waals surface area contributed by atoms with E-state index in [9.17, 15) is 0 Å². The first-order valence-corrected chi connectivity index (χ1v) is 20.4. The van der Waals surface area contributed by atoms with Gasteiger partial charge in [-0.2, -0.15) is 0 Å². The summed E-state index contributed by atoms with van der Waals surface area (Å²) in [5.41, 5.74) is 5.16. The van der Waals surface area contributed by atoms with Gasteiger partial charge in [0.2, 0.25) is 0 Å². The van der Waals surface area contributed by atoms with Crippen molar-refractivity contribution in [2.24, 2.45) is 0 Å². The fourth-order valence-corrected chi connectivity index (χ4v) is 8.54. The molecule has 2 heteroatoms. The monoisotopic (exact) mass is 842 g/mol. The summed E-state index contributed by atoms with van der Waals surface area (Å²) in [6, 6.07) is 77.5. The molecule has 0 heterocycles. The Kier molecular flexibility index (Phi) is 10.2. The van der Waals surface area contributed by atoms with Crippen molar-refractivity contribution in [2.45, 2.75) is 0 Å². The first kappa shape index (κ1) is 35.6. The van der Waals surface area contributed by atoms with E-state index in [4.69, 9.17) is 0 Å². The highest BCUT2D eigenvalue weighted by Gasteiger charge is 2.09. The third-order valence-electron chi connectivity index (χ3n) is 10.5. The largest absolute Gasteiger partial charge is 0.0616 e. The molecule has 0 saturated carbocycles. The van der Waals surface area contributed by atoms with Crippen LogP contribution in [0.5, 0.6) is 0 Å². The lowest BCUT2D eigenvalue weighted by atomic mass is 9.94. The zero-order chi connectivity index (χ0) is 37.8. The topological polar surface area (TPSA) is 0 Å². The van der Waals surface area contributed by atoms with Crippen LogP contribution in [0.25, 0.3) is 86.9 Å². The van der Waals surface area contributed by atoms with Gasteiger partial charge >= 0.3 is 0 Å². The zero-order valence-corrected chi connectivity index (χ0v) is 33.7. The molecule has 11 aromatic carbocycles. The van der Waals surface area contributed by atoms with Crippen LogP contribution in [0.4, 0.5) is 0 Å². The number of hydrogen-bond acceptors (Lipinski definition) is 0. The van der Waals surface area contributed by atoms with E-state index in [-0.39, 0.29) is 0 Å². The van der Waals surface area contributed by atoms with Crippen molar-refractivity contribution in [1.82, 2.24) is 0 Å². The molecule has 266 valence electrons. The Morgan fingerprint density at radius 2 is 0.464 bits per heavy atom. The Hall–Kier alpha value is -6.06. The maximum atomic E-state index is 3.55. The smallest absolute Gasteiger partial charge is 0.0181 e. The lowest BCUT2D eigenvalue weighted by Crippen LogP contribution is -1.84. The number of hydrogen-bond donors (Lipinski definition) is 0. The van der Waals surface area contributed by atoms with Gasteiger partial charge in [-0.1, -0.05) is 214 Å². The first-order chi connectivity index (χ1) is 27.6. The molecule has 0 saturated heterocycles. The van der Waals surface area contributed by atoms with Gasteiger partial charge in [0.25, 0.3) is 0 Å². The van der Waals surface area contributed by atoms with Crippen molar-refractivity contribution in [1.29, 1.82) is 0 Å². The number of fused-ring (bicyclic) bond motifs is 6. The first-order valence-electron chi connectivity index (χ1n) is 18.8. The van der Waals surface area contributed by atoms with Gasteiger partial charge in [0.05, 0.1) is 0 Å². The minimum absolute atomic E-state index is 1.12. The molecule has 0 fully saturated rings. The zero-order valence-electron chi connectivity index (χ0n) is 30.5. The van der Waals surface area contributed by atoms with E-state index in [0.29, 0.717) is 0 Å². The second-order valence-electron chi connectivity index (χ2n) is 13.9. The van der Waals surface area contributed by atoms with E-state index in [1.807, 2.05) is 0 Å². The fraction of sp³-hybridized carbons (Fsp3) is 0. The van der Waals surface area contributed by atoms with E-state index in [0.717, 1.165) is 8.95 Å². The number of rotatable bonds is 2. The van der Waals surface area contributed by atoms with Gasteiger partial charge < -0.3 is 0 Å². The van der Waals surface area contributed by atoms with Crippen LogP contribution in [0.1, 0.15) is 0 Å². The molecule has 0 aliphatic rings. The molecule has 0 aliphatic heterocycles. The summed E-state index contributed by atoms with van der Waals surface area (Å²) in [4.78, 5) is 0. The predicted molar refractivity (Wildman–Crippen MR) is 251 cm³/mol. The number of benzene rings is 11. The van der Waals surface area contributed by atoms with Crippen molar-refractivity contribution >= 4 is 96.5 Å². The Morgan fingerprint density at radius 3 is 0.821 bits per heavy atom. The van der Waals surface area contributed by atoms with Crippen LogP contribution in [0.3, 0.4) is 0 Å². The van der Waals surface area contributed by atoms with Crippen LogP contribution in [0.15, 0.2) is 227 Å². The van der Waals surface area contributed by atoms with E-state index in [1.54, 1.807) is 0 Å². The summed E-state index contributed by atoms with van der Waals surface area (Å²) in [5.74, 6) is 0. The van der Waals surface area contributed by atoms with Gasteiger partial charge in [-0.3, -0.25) is 0 Å². The quantitative estimate of drug-likeness (QED) is 0.152. The summed E-state index contributed by atoms with van der Waals surface area (Å²) in [6.45, 7) is 0. The molecule has 0 aliphatic carbocycles. The molecule has 0 bridgehead atoms. The highest BCUT2D eigenvalue weighted by atomic mass is 79.9. The minimum atomic E-state index is 1.12. The van der Waals surface area contributed by atoms with Crippen molar-refractivity contribution < 1.29 is 0 Å². The predicted octanol–water partition coefficient (Wildman–Crippen LogP) is 16.8. The van der Waals surface area contributed by atoms with Crippen LogP contribution < -0.4 is 0 Å². The van der Waals surface area contributed by atoms with Crippen molar-refractivity contribution in [2.75, 3.05) is 0 Å². The van der Waals surface area contributed by atoms with Crippen LogP contribution in [-0.2, 0) is 0 Å². The van der Waals surface area contributed by atoms with Gasteiger partial charge in [-0.15, -0.1) is 0 Å². The highest BCUT2D eigenvalue weighted by Crippen LogP contribution is 2.36. The summed E-state index contributed by atoms with van der Waals surface area (Å²) < 4.78 is 2.23. The van der Waals surface area contributed by atoms with Gasteiger partial charge in [0, 0.05) is 8.95 Å². The second-order valence-corrected chi connectivity index (χ2v) is 15.8. The van der Waals surface area contributed by atoms with E-state index >= 15 is 0 Å². The molecule has 0 nitrogen and oxygen atoms in total. The molecule has 11 rings (SSSR count). The molecule has 0 unspecified atom stereocenters. The van der Waals surface area contributed by atoms with Crippen LogP contribution in [0, 0.1) is 0 Å². The van der Waals surface area contributed by atoms with Gasteiger partial charge in [-0.25, -0.2) is 0 Å². The third kappa shape index (κ3) is 7.34. The highest BCUT2D eigenvalue weighted by molar-refractivity contribution is 9.10. The molecule has 56 heavy (non-hydrogen) atoms.